The van der Waals surface area contributed by atoms with E-state index in [4.69, 9.17) is 4.74 Å². The topological polar surface area (TPSA) is 9.23 Å². The molecule has 3 heteroatoms. The molecule has 2 atom stereocenters. The second kappa shape index (κ2) is 16.7. The first-order chi connectivity index (χ1) is 18.1. The van der Waals surface area contributed by atoms with Gasteiger partial charge in [-0.25, -0.2) is 0 Å². The molecule has 0 radical (unpaired) electrons. The molecule has 0 bridgehead atoms. The zero-order chi connectivity index (χ0) is 26.0. The largest absolute Gasteiger partial charge is 1.00 e. The van der Waals surface area contributed by atoms with Crippen LogP contribution in [0.2, 0.25) is 0 Å². The molecule has 4 aromatic carbocycles. The standard InChI is InChI=1S/C36H40O.2Li/c1-5-27(3)25-35(29-13-9-7-10-14-29)31-17-21-33(22-18-31)37-34-23-19-32(20-24-34)36(26-28(4)6-2)30-15-11-8-12-16-30;;/h7-24,27-28H,5-6,25-26H2,1-4H3;;/q-2;2*+1. The van der Waals surface area contributed by atoms with Crippen molar-refractivity contribution in [2.24, 2.45) is 11.8 Å². The molecule has 0 aliphatic heterocycles. The van der Waals surface area contributed by atoms with Crippen LogP contribution in [0.15, 0.2) is 109 Å². The molecular formula is C36H40Li2O. The SMILES string of the molecule is CCC(C)C[C-](c1ccccc1)c1ccc(Oc2ccc([C-](CC(C)CC)c3ccccc3)cc2)cc1.[Li+].[Li+]. The Morgan fingerprint density at radius 3 is 1.10 bits per heavy atom. The van der Waals surface area contributed by atoms with E-state index in [-0.39, 0.29) is 37.7 Å². The summed E-state index contributed by atoms with van der Waals surface area (Å²) in [6.07, 6.45) is 4.49. The van der Waals surface area contributed by atoms with E-state index in [9.17, 15) is 0 Å². The van der Waals surface area contributed by atoms with Gasteiger partial charge in [0.1, 0.15) is 11.5 Å². The van der Waals surface area contributed by atoms with E-state index in [0.717, 1.165) is 24.3 Å². The maximum absolute atomic E-state index is 6.25. The molecule has 1 nitrogen and oxygen atoms in total. The summed E-state index contributed by atoms with van der Waals surface area (Å²) in [6, 6.07) is 38.7. The van der Waals surface area contributed by atoms with E-state index in [1.165, 1.54) is 46.9 Å². The van der Waals surface area contributed by atoms with Crippen LogP contribution in [0, 0.1) is 23.7 Å². The fraction of sp³-hybridized carbons (Fsp3) is 0.278. The van der Waals surface area contributed by atoms with Gasteiger partial charge in [-0.05, 0) is 11.8 Å². The molecule has 39 heavy (non-hydrogen) atoms. The summed E-state index contributed by atoms with van der Waals surface area (Å²) in [4.78, 5) is 0. The molecule has 4 rings (SSSR count). The van der Waals surface area contributed by atoms with E-state index in [0.29, 0.717) is 11.8 Å². The van der Waals surface area contributed by atoms with Crippen LogP contribution in [0.4, 0.5) is 0 Å². The Labute approximate surface area is 261 Å². The zero-order valence-electron chi connectivity index (χ0n) is 24.8. The van der Waals surface area contributed by atoms with Crippen molar-refractivity contribution >= 4 is 0 Å². The molecule has 0 spiro atoms. The van der Waals surface area contributed by atoms with Crippen molar-refractivity contribution in [2.75, 3.05) is 0 Å². The molecule has 0 heterocycles. The normalized spacial score (nSPS) is 11.9. The van der Waals surface area contributed by atoms with Crippen molar-refractivity contribution in [1.29, 1.82) is 0 Å². The smallest absolute Gasteiger partial charge is 0.460 e. The molecular weight excluding hydrogens is 462 g/mol. The van der Waals surface area contributed by atoms with Crippen LogP contribution in [-0.2, 0) is 0 Å². The Hall–Kier alpha value is -2.39. The first kappa shape index (κ1) is 32.8. The Balaban J connectivity index is 0.00000267. The Bertz CT molecular complexity index is 1090. The van der Waals surface area contributed by atoms with Crippen LogP contribution in [0.25, 0.3) is 0 Å². The van der Waals surface area contributed by atoms with Gasteiger partial charge in [0, 0.05) is 0 Å². The fourth-order valence-electron chi connectivity index (χ4n) is 4.65. The molecule has 0 aliphatic carbocycles. The minimum Gasteiger partial charge on any atom is -0.460 e. The van der Waals surface area contributed by atoms with Gasteiger partial charge in [-0.15, -0.1) is 82.6 Å². The Morgan fingerprint density at radius 2 is 0.795 bits per heavy atom. The molecule has 0 fully saturated rings. The summed E-state index contributed by atoms with van der Waals surface area (Å²) in [5.41, 5.74) is 5.13. The van der Waals surface area contributed by atoms with Crippen molar-refractivity contribution in [2.45, 2.75) is 53.4 Å². The number of hydrogen-bond acceptors (Lipinski definition) is 1. The van der Waals surface area contributed by atoms with Crippen LogP contribution in [0.1, 0.15) is 75.6 Å². The molecule has 2 unspecified atom stereocenters. The van der Waals surface area contributed by atoms with Crippen LogP contribution in [0.3, 0.4) is 0 Å². The molecule has 0 saturated carbocycles. The Kier molecular flexibility index (Phi) is 14.0. The first-order valence-corrected chi connectivity index (χ1v) is 13.8. The minimum atomic E-state index is 0. The predicted molar refractivity (Wildman–Crippen MR) is 157 cm³/mol. The summed E-state index contributed by atoms with van der Waals surface area (Å²) in [5.74, 6) is 5.80. The number of hydrogen-bond donors (Lipinski definition) is 0. The summed E-state index contributed by atoms with van der Waals surface area (Å²) in [5, 5.41) is 0. The van der Waals surface area contributed by atoms with Crippen LogP contribution >= 0.6 is 0 Å². The second-order valence-electron chi connectivity index (χ2n) is 10.3. The molecule has 0 aliphatic rings. The van der Waals surface area contributed by atoms with Gasteiger partial charge in [0.25, 0.3) is 0 Å². The van der Waals surface area contributed by atoms with E-state index >= 15 is 0 Å². The van der Waals surface area contributed by atoms with Gasteiger partial charge >= 0.3 is 37.7 Å². The molecule has 0 aromatic heterocycles. The average Bonchev–Trinajstić information content (AvgIpc) is 2.96. The molecule has 0 amide bonds. The van der Waals surface area contributed by atoms with Crippen molar-refractivity contribution in [3.63, 3.8) is 0 Å². The third-order valence-electron chi connectivity index (χ3n) is 7.38. The van der Waals surface area contributed by atoms with Crippen LogP contribution < -0.4 is 42.5 Å². The quantitative estimate of drug-likeness (QED) is 0.207. The van der Waals surface area contributed by atoms with Gasteiger partial charge in [0.15, 0.2) is 0 Å². The maximum atomic E-state index is 6.25. The number of ether oxygens (including phenoxy) is 1. The summed E-state index contributed by atoms with van der Waals surface area (Å²) < 4.78 is 6.25. The van der Waals surface area contributed by atoms with E-state index in [1.807, 2.05) is 0 Å². The van der Waals surface area contributed by atoms with E-state index in [2.05, 4.69) is 137 Å². The molecule has 192 valence electrons. The van der Waals surface area contributed by atoms with Crippen LogP contribution in [0.5, 0.6) is 11.5 Å². The first-order valence-electron chi connectivity index (χ1n) is 13.8. The second-order valence-corrected chi connectivity index (χ2v) is 10.3. The monoisotopic (exact) mass is 502 g/mol. The molecule has 0 saturated heterocycles. The van der Waals surface area contributed by atoms with Gasteiger partial charge in [-0.3, -0.25) is 0 Å². The summed E-state index contributed by atoms with van der Waals surface area (Å²) in [7, 11) is 0. The fourth-order valence-corrected chi connectivity index (χ4v) is 4.65. The third-order valence-corrected chi connectivity index (χ3v) is 7.38. The maximum Gasteiger partial charge on any atom is 1.00 e. The average molecular weight is 503 g/mol. The van der Waals surface area contributed by atoms with E-state index < -0.39 is 0 Å². The van der Waals surface area contributed by atoms with Gasteiger partial charge in [0.2, 0.25) is 0 Å². The zero-order valence-corrected chi connectivity index (χ0v) is 24.8. The third kappa shape index (κ3) is 9.35. The molecule has 0 N–H and O–H groups in total. The summed E-state index contributed by atoms with van der Waals surface area (Å²) in [6.45, 7) is 9.18. The van der Waals surface area contributed by atoms with Gasteiger partial charge in [-0.2, -0.15) is 0 Å². The number of benzene rings is 4. The van der Waals surface area contributed by atoms with E-state index in [1.54, 1.807) is 0 Å². The van der Waals surface area contributed by atoms with Gasteiger partial charge in [0.05, 0.1) is 0 Å². The van der Waals surface area contributed by atoms with Crippen molar-refractivity contribution < 1.29 is 42.5 Å². The van der Waals surface area contributed by atoms with Crippen molar-refractivity contribution in [3.05, 3.63) is 143 Å². The number of rotatable bonds is 12. The van der Waals surface area contributed by atoms with Gasteiger partial charge in [-0.1, -0.05) is 114 Å². The predicted octanol–water partition coefficient (Wildman–Crippen LogP) is 4.30. The molecule has 4 aromatic rings. The van der Waals surface area contributed by atoms with Crippen molar-refractivity contribution in [1.82, 2.24) is 0 Å². The van der Waals surface area contributed by atoms with Crippen molar-refractivity contribution in [3.8, 4) is 11.5 Å². The Morgan fingerprint density at radius 1 is 0.487 bits per heavy atom. The summed E-state index contributed by atoms with van der Waals surface area (Å²) >= 11 is 0. The minimum absolute atomic E-state index is 0. The van der Waals surface area contributed by atoms with Crippen LogP contribution in [-0.4, -0.2) is 0 Å². The van der Waals surface area contributed by atoms with Gasteiger partial charge < -0.3 is 4.74 Å².